The van der Waals surface area contributed by atoms with Gasteiger partial charge in [0.1, 0.15) is 0 Å². The first-order chi connectivity index (χ1) is 3.66. The largest absolute Gasteiger partial charge is 0.433 e. The van der Waals surface area contributed by atoms with Crippen LogP contribution in [0.5, 0.6) is 0 Å². The lowest BCUT2D eigenvalue weighted by Crippen LogP contribution is -2.09. The minimum absolute atomic E-state index is 0.130. The quantitative estimate of drug-likeness (QED) is 0.366. The molecule has 0 aromatic rings. The Morgan fingerprint density at radius 1 is 1.62 bits per heavy atom. The van der Waals surface area contributed by atoms with Crippen LogP contribution >= 0.6 is 0 Å². The van der Waals surface area contributed by atoms with E-state index >= 15 is 0 Å². The van der Waals surface area contributed by atoms with Gasteiger partial charge in [-0.05, 0) is 0 Å². The Kier molecular flexibility index (Phi) is 2.61. The summed E-state index contributed by atoms with van der Waals surface area (Å²) in [6.45, 7) is 1.55. The van der Waals surface area contributed by atoms with Gasteiger partial charge in [-0.15, -0.1) is 0 Å². The van der Waals surface area contributed by atoms with E-state index < -0.39 is 12.1 Å². The minimum atomic E-state index is -1.29. The second-order valence-electron chi connectivity index (χ2n) is 1.12. The fourth-order valence-electron chi connectivity index (χ4n) is 0.176. The highest BCUT2D eigenvalue weighted by molar-refractivity contribution is 5.82. The van der Waals surface area contributed by atoms with Crippen LogP contribution < -0.4 is 5.73 Å². The topological polar surface area (TPSA) is 67.2 Å². The highest BCUT2D eigenvalue weighted by atomic mass is 16.6. The Morgan fingerprint density at radius 2 is 2.12 bits per heavy atom. The molecule has 8 heavy (non-hydrogen) atoms. The fourth-order valence-corrected chi connectivity index (χ4v) is 0.176. The molecule has 0 spiro atoms. The Labute approximate surface area is 46.6 Å². The second kappa shape index (κ2) is 3.01. The molecule has 0 saturated heterocycles. The van der Waals surface area contributed by atoms with Gasteiger partial charge in [0.25, 0.3) is 0 Å². The summed E-state index contributed by atoms with van der Waals surface area (Å²) in [5.41, 5.74) is 6.13. The smallest absolute Gasteiger partial charge is 0.375 e. The molecule has 0 aliphatic rings. The number of ether oxygens (including phenoxy) is 1. The standard InChI is InChI=1S/C4H6NO3/c1-2-3(6)8-4(5)7/h5H,2H2,1H3. The van der Waals surface area contributed by atoms with Gasteiger partial charge in [0.15, 0.2) is 0 Å². The van der Waals surface area contributed by atoms with Crippen LogP contribution in [-0.4, -0.2) is 12.1 Å². The monoisotopic (exact) mass is 116 g/mol. The van der Waals surface area contributed by atoms with Crippen molar-refractivity contribution in [1.29, 1.82) is 0 Å². The van der Waals surface area contributed by atoms with Crippen molar-refractivity contribution in [3.05, 3.63) is 0 Å². The number of esters is 1. The highest BCUT2D eigenvalue weighted by Crippen LogP contribution is 1.82. The molecule has 1 amide bonds. The predicted octanol–water partition coefficient (Wildman–Crippen LogP) is 0.343. The van der Waals surface area contributed by atoms with E-state index in [2.05, 4.69) is 4.74 Å². The van der Waals surface area contributed by atoms with E-state index in [0.29, 0.717) is 0 Å². The first-order valence-electron chi connectivity index (χ1n) is 2.13. The van der Waals surface area contributed by atoms with E-state index in [4.69, 9.17) is 5.73 Å². The van der Waals surface area contributed by atoms with Crippen LogP contribution in [0.25, 0.3) is 0 Å². The van der Waals surface area contributed by atoms with Crippen LogP contribution in [0, 0.1) is 0 Å². The molecule has 45 valence electrons. The van der Waals surface area contributed by atoms with E-state index in [-0.39, 0.29) is 6.42 Å². The summed E-state index contributed by atoms with van der Waals surface area (Å²) in [6.07, 6.45) is -1.16. The van der Waals surface area contributed by atoms with Gasteiger partial charge >= 0.3 is 12.1 Å². The molecule has 0 heterocycles. The number of carbonyl (C=O) groups excluding carboxylic acids is 2. The van der Waals surface area contributed by atoms with Crippen LogP contribution in [0.15, 0.2) is 0 Å². The van der Waals surface area contributed by atoms with E-state index in [1.165, 1.54) is 0 Å². The summed E-state index contributed by atoms with van der Waals surface area (Å²) in [6, 6.07) is 0. The maximum absolute atomic E-state index is 10.1. The average molecular weight is 116 g/mol. The number of amides is 1. The molecular weight excluding hydrogens is 110 g/mol. The number of carbonyl (C=O) groups is 2. The van der Waals surface area contributed by atoms with Crippen LogP contribution in [-0.2, 0) is 9.53 Å². The third kappa shape index (κ3) is 3.14. The maximum Gasteiger partial charge on any atom is 0.433 e. The van der Waals surface area contributed by atoms with Crippen LogP contribution in [0.1, 0.15) is 13.3 Å². The molecule has 4 nitrogen and oxygen atoms in total. The van der Waals surface area contributed by atoms with Gasteiger partial charge in [-0.3, -0.25) is 4.79 Å². The van der Waals surface area contributed by atoms with E-state index in [9.17, 15) is 9.59 Å². The number of hydrogen-bond donors (Lipinski definition) is 0. The molecule has 0 atom stereocenters. The molecule has 0 bridgehead atoms. The maximum atomic E-state index is 10.1. The predicted molar refractivity (Wildman–Crippen MR) is 24.9 cm³/mol. The summed E-state index contributed by atoms with van der Waals surface area (Å²) in [7, 11) is 0. The van der Waals surface area contributed by atoms with Crippen molar-refractivity contribution in [3.8, 4) is 0 Å². The van der Waals surface area contributed by atoms with Crippen LogP contribution in [0.2, 0.25) is 0 Å². The van der Waals surface area contributed by atoms with Crippen LogP contribution in [0.3, 0.4) is 0 Å². The van der Waals surface area contributed by atoms with Crippen molar-refractivity contribution < 1.29 is 14.3 Å². The van der Waals surface area contributed by atoms with Gasteiger partial charge in [0, 0.05) is 6.42 Å². The van der Waals surface area contributed by atoms with Gasteiger partial charge in [-0.25, -0.2) is 10.5 Å². The van der Waals surface area contributed by atoms with Gasteiger partial charge in [-0.2, -0.15) is 0 Å². The summed E-state index contributed by atoms with van der Waals surface area (Å²) >= 11 is 0. The third-order valence-corrected chi connectivity index (χ3v) is 0.495. The fraction of sp³-hybridized carbons (Fsp3) is 0.500. The zero-order chi connectivity index (χ0) is 6.57. The highest BCUT2D eigenvalue weighted by Gasteiger charge is 2.01. The summed E-state index contributed by atoms with van der Waals surface area (Å²) < 4.78 is 3.79. The Bertz CT molecular complexity index is 110. The Balaban J connectivity index is 3.40. The van der Waals surface area contributed by atoms with Crippen molar-refractivity contribution in [2.75, 3.05) is 0 Å². The molecule has 0 unspecified atom stereocenters. The zero-order valence-corrected chi connectivity index (χ0v) is 4.43. The lowest BCUT2D eigenvalue weighted by atomic mass is 10.5. The van der Waals surface area contributed by atoms with Crippen molar-refractivity contribution in [1.82, 2.24) is 5.73 Å². The summed E-state index contributed by atoms with van der Waals surface area (Å²) in [4.78, 5) is 19.7. The lowest BCUT2D eigenvalue weighted by Gasteiger charge is -1.90. The number of rotatable bonds is 1. The molecule has 0 aromatic heterocycles. The third-order valence-electron chi connectivity index (χ3n) is 0.495. The first-order valence-corrected chi connectivity index (χ1v) is 2.13. The molecule has 4 heteroatoms. The number of nitrogens with one attached hydrogen (secondary N) is 1. The zero-order valence-electron chi connectivity index (χ0n) is 4.43. The molecule has 0 saturated carbocycles. The van der Waals surface area contributed by atoms with Crippen LogP contribution in [0.4, 0.5) is 4.79 Å². The van der Waals surface area contributed by atoms with Crippen molar-refractivity contribution in [3.63, 3.8) is 0 Å². The normalized spacial score (nSPS) is 8.12. The minimum Gasteiger partial charge on any atom is -0.375 e. The van der Waals surface area contributed by atoms with E-state index in [1.54, 1.807) is 6.92 Å². The molecule has 0 fully saturated rings. The molecule has 1 radical (unpaired) electrons. The molecule has 0 aliphatic carbocycles. The summed E-state index contributed by atoms with van der Waals surface area (Å²) in [5, 5.41) is 0. The molecular formula is C4H6NO3. The SMILES string of the molecule is CCC(=O)OC([NH])=O. The van der Waals surface area contributed by atoms with Crippen molar-refractivity contribution in [2.45, 2.75) is 13.3 Å². The van der Waals surface area contributed by atoms with E-state index in [1.807, 2.05) is 0 Å². The first kappa shape index (κ1) is 6.94. The van der Waals surface area contributed by atoms with Gasteiger partial charge in [-0.1, -0.05) is 6.92 Å². The van der Waals surface area contributed by atoms with Gasteiger partial charge in [0.05, 0.1) is 0 Å². The Morgan fingerprint density at radius 3 is 2.25 bits per heavy atom. The Hall–Kier alpha value is -1.06. The molecule has 1 N–H and O–H groups in total. The van der Waals surface area contributed by atoms with Gasteiger partial charge in [0.2, 0.25) is 0 Å². The molecule has 0 rings (SSSR count). The molecule has 0 aliphatic heterocycles. The summed E-state index contributed by atoms with van der Waals surface area (Å²) in [5.74, 6) is -0.662. The van der Waals surface area contributed by atoms with Crippen molar-refractivity contribution in [2.24, 2.45) is 0 Å². The van der Waals surface area contributed by atoms with E-state index in [0.717, 1.165) is 0 Å². The average Bonchev–Trinajstić information content (AvgIpc) is 1.65. The molecule has 0 aromatic carbocycles. The van der Waals surface area contributed by atoms with Gasteiger partial charge < -0.3 is 4.74 Å². The second-order valence-corrected chi connectivity index (χ2v) is 1.12. The van der Waals surface area contributed by atoms with Crippen molar-refractivity contribution >= 4 is 12.1 Å². The lowest BCUT2D eigenvalue weighted by molar-refractivity contribution is -0.136. The number of hydrogen-bond acceptors (Lipinski definition) is 3.